The van der Waals surface area contributed by atoms with E-state index in [9.17, 15) is 9.59 Å². The van der Waals surface area contributed by atoms with Gasteiger partial charge in [-0.15, -0.1) is 0 Å². The molecule has 0 saturated heterocycles. The fourth-order valence-electron chi connectivity index (χ4n) is 2.89. The number of hydrogen-bond acceptors (Lipinski definition) is 5. The Kier molecular flexibility index (Phi) is 4.93. The van der Waals surface area contributed by atoms with Crippen LogP contribution >= 0.6 is 0 Å². The maximum absolute atomic E-state index is 12.6. The molecule has 3 rings (SSSR count). The van der Waals surface area contributed by atoms with Crippen molar-refractivity contribution in [2.75, 3.05) is 20.8 Å². The second-order valence-corrected chi connectivity index (χ2v) is 5.74. The highest BCUT2D eigenvalue weighted by molar-refractivity contribution is 6.10. The van der Waals surface area contributed by atoms with Gasteiger partial charge in [0.05, 0.1) is 19.8 Å². The summed E-state index contributed by atoms with van der Waals surface area (Å²) >= 11 is 0. The van der Waals surface area contributed by atoms with Crippen molar-refractivity contribution in [2.24, 2.45) is 0 Å². The Labute approximate surface area is 150 Å². The second-order valence-electron chi connectivity index (χ2n) is 5.74. The molecule has 0 aliphatic heterocycles. The first kappa shape index (κ1) is 17.5. The van der Waals surface area contributed by atoms with Crippen molar-refractivity contribution in [1.29, 1.82) is 0 Å². The summed E-state index contributed by atoms with van der Waals surface area (Å²) in [4.78, 5) is 28.0. The molecule has 0 aliphatic carbocycles. The highest BCUT2D eigenvalue weighted by Gasteiger charge is 2.18. The number of hydrogen-bond donors (Lipinski definition) is 1. The van der Waals surface area contributed by atoms with E-state index in [0.717, 1.165) is 16.6 Å². The molecular formula is C20H19NO5. The van der Waals surface area contributed by atoms with E-state index in [1.54, 1.807) is 12.1 Å². The van der Waals surface area contributed by atoms with Crippen LogP contribution in [0.15, 0.2) is 42.5 Å². The predicted octanol–water partition coefficient (Wildman–Crippen LogP) is 3.53. The number of Topliss-reactive ketones (excluding diaryl/α,β-unsaturated/α-hetero) is 1. The van der Waals surface area contributed by atoms with E-state index < -0.39 is 5.97 Å². The zero-order valence-corrected chi connectivity index (χ0v) is 14.8. The van der Waals surface area contributed by atoms with Crippen LogP contribution in [0.25, 0.3) is 10.9 Å². The largest absolute Gasteiger partial charge is 0.493 e. The lowest BCUT2D eigenvalue weighted by atomic mass is 10.1. The predicted molar refractivity (Wildman–Crippen MR) is 97.2 cm³/mol. The number of benzene rings is 2. The van der Waals surface area contributed by atoms with E-state index in [2.05, 4.69) is 4.98 Å². The first-order valence-electron chi connectivity index (χ1n) is 8.04. The number of H-pyrrole nitrogens is 1. The van der Waals surface area contributed by atoms with Crippen molar-refractivity contribution in [3.05, 3.63) is 59.3 Å². The van der Waals surface area contributed by atoms with E-state index in [4.69, 9.17) is 14.2 Å². The van der Waals surface area contributed by atoms with Gasteiger partial charge >= 0.3 is 5.97 Å². The van der Waals surface area contributed by atoms with Crippen molar-refractivity contribution in [1.82, 2.24) is 4.98 Å². The van der Waals surface area contributed by atoms with Gasteiger partial charge in [0.25, 0.3) is 0 Å². The molecule has 0 atom stereocenters. The zero-order valence-electron chi connectivity index (χ0n) is 14.8. The number of ether oxygens (including phenoxy) is 3. The van der Waals surface area contributed by atoms with Crippen LogP contribution in [0.2, 0.25) is 0 Å². The van der Waals surface area contributed by atoms with Crippen LogP contribution in [0.5, 0.6) is 11.5 Å². The van der Waals surface area contributed by atoms with E-state index >= 15 is 0 Å². The molecule has 0 bridgehead atoms. The van der Waals surface area contributed by atoms with Gasteiger partial charge in [0.15, 0.2) is 18.1 Å². The first-order chi connectivity index (χ1) is 12.5. The van der Waals surface area contributed by atoms with Crippen molar-refractivity contribution >= 4 is 22.7 Å². The number of para-hydroxylation sites is 1. The van der Waals surface area contributed by atoms with Gasteiger partial charge < -0.3 is 19.2 Å². The second kappa shape index (κ2) is 7.31. The Hall–Kier alpha value is -3.28. The monoisotopic (exact) mass is 353 g/mol. The molecule has 6 nitrogen and oxygen atoms in total. The molecular weight excluding hydrogens is 334 g/mol. The van der Waals surface area contributed by atoms with Crippen molar-refractivity contribution in [3.8, 4) is 11.5 Å². The molecule has 1 aromatic heterocycles. The molecule has 0 amide bonds. The molecule has 2 aromatic carbocycles. The number of carbonyl (C=O) groups excluding carboxylic acids is 2. The minimum Gasteiger partial charge on any atom is -0.493 e. The summed E-state index contributed by atoms with van der Waals surface area (Å²) in [5.41, 5.74) is 2.45. The standard InChI is InChI=1S/C20H19NO5/c1-12-19(14-6-4-5-7-15(14)21-12)16(22)11-26-20(23)13-8-9-17(24-2)18(10-13)25-3/h4-10,21H,11H2,1-3H3. The molecule has 0 fully saturated rings. The van der Waals surface area contributed by atoms with Crippen molar-refractivity contribution in [3.63, 3.8) is 0 Å². The average Bonchev–Trinajstić information content (AvgIpc) is 3.00. The van der Waals surface area contributed by atoms with Crippen LogP contribution in [0.3, 0.4) is 0 Å². The van der Waals surface area contributed by atoms with Gasteiger partial charge in [0.2, 0.25) is 5.78 Å². The number of methoxy groups -OCH3 is 2. The Morgan fingerprint density at radius 3 is 2.46 bits per heavy atom. The highest BCUT2D eigenvalue weighted by atomic mass is 16.5. The van der Waals surface area contributed by atoms with E-state index in [1.807, 2.05) is 31.2 Å². The lowest BCUT2D eigenvalue weighted by molar-refractivity contribution is 0.0474. The SMILES string of the molecule is COc1ccc(C(=O)OCC(=O)c2c(C)[nH]c3ccccc23)cc1OC. The molecule has 6 heteroatoms. The topological polar surface area (TPSA) is 77.6 Å². The Morgan fingerprint density at radius 2 is 1.73 bits per heavy atom. The zero-order chi connectivity index (χ0) is 18.7. The summed E-state index contributed by atoms with van der Waals surface area (Å²) in [7, 11) is 2.99. The summed E-state index contributed by atoms with van der Waals surface area (Å²) < 4.78 is 15.5. The third-order valence-corrected chi connectivity index (χ3v) is 4.13. The van der Waals surface area contributed by atoms with Crippen LogP contribution in [0.4, 0.5) is 0 Å². The molecule has 134 valence electrons. The van der Waals surface area contributed by atoms with Crippen LogP contribution < -0.4 is 9.47 Å². The van der Waals surface area contributed by atoms with Crippen LogP contribution in [-0.4, -0.2) is 37.6 Å². The number of carbonyl (C=O) groups is 2. The Bertz CT molecular complexity index is 973. The number of ketones is 1. The number of aryl methyl sites for hydroxylation is 1. The van der Waals surface area contributed by atoms with Crippen molar-refractivity contribution < 1.29 is 23.8 Å². The number of aromatic amines is 1. The summed E-state index contributed by atoms with van der Waals surface area (Å²) in [6.07, 6.45) is 0. The number of fused-ring (bicyclic) bond motifs is 1. The third kappa shape index (κ3) is 3.26. The normalized spacial score (nSPS) is 10.6. The highest BCUT2D eigenvalue weighted by Crippen LogP contribution is 2.28. The molecule has 0 aliphatic rings. The van der Waals surface area contributed by atoms with Gasteiger partial charge in [-0.1, -0.05) is 18.2 Å². The first-order valence-corrected chi connectivity index (χ1v) is 8.04. The van der Waals surface area contributed by atoms with Gasteiger partial charge in [-0.05, 0) is 31.2 Å². The molecule has 1 N–H and O–H groups in total. The van der Waals surface area contributed by atoms with Crippen LogP contribution in [0, 0.1) is 6.92 Å². The summed E-state index contributed by atoms with van der Waals surface area (Å²) in [6, 6.07) is 12.2. The lowest BCUT2D eigenvalue weighted by Gasteiger charge is -2.09. The summed E-state index contributed by atoms with van der Waals surface area (Å²) in [5.74, 6) is 0.0702. The maximum Gasteiger partial charge on any atom is 0.338 e. The number of esters is 1. The van der Waals surface area contributed by atoms with Gasteiger partial charge in [-0.3, -0.25) is 4.79 Å². The van der Waals surface area contributed by atoms with E-state index in [1.165, 1.54) is 20.3 Å². The van der Waals surface area contributed by atoms with Crippen LogP contribution in [0.1, 0.15) is 26.4 Å². The molecule has 0 radical (unpaired) electrons. The fourth-order valence-corrected chi connectivity index (χ4v) is 2.89. The molecule has 0 saturated carbocycles. The molecule has 1 heterocycles. The number of rotatable bonds is 6. The molecule has 26 heavy (non-hydrogen) atoms. The Morgan fingerprint density at radius 1 is 1.00 bits per heavy atom. The quantitative estimate of drug-likeness (QED) is 0.542. The Balaban J connectivity index is 1.75. The molecule has 0 unspecified atom stereocenters. The average molecular weight is 353 g/mol. The van der Waals surface area contributed by atoms with Crippen LogP contribution in [-0.2, 0) is 4.74 Å². The maximum atomic E-state index is 12.6. The van der Waals surface area contributed by atoms with E-state index in [0.29, 0.717) is 17.1 Å². The third-order valence-electron chi connectivity index (χ3n) is 4.13. The van der Waals surface area contributed by atoms with Gasteiger partial charge in [0.1, 0.15) is 0 Å². The minimum atomic E-state index is -0.600. The van der Waals surface area contributed by atoms with Gasteiger partial charge in [0, 0.05) is 22.2 Å². The van der Waals surface area contributed by atoms with Gasteiger partial charge in [-0.25, -0.2) is 4.79 Å². The number of aromatic nitrogens is 1. The summed E-state index contributed by atoms with van der Waals surface area (Å²) in [5, 5.41) is 0.817. The molecule has 0 spiro atoms. The minimum absolute atomic E-state index is 0.256. The molecule has 3 aromatic rings. The van der Waals surface area contributed by atoms with Crippen molar-refractivity contribution in [2.45, 2.75) is 6.92 Å². The van der Waals surface area contributed by atoms with Gasteiger partial charge in [-0.2, -0.15) is 0 Å². The lowest BCUT2D eigenvalue weighted by Crippen LogP contribution is -2.15. The number of nitrogens with one attached hydrogen (secondary N) is 1. The smallest absolute Gasteiger partial charge is 0.338 e. The summed E-state index contributed by atoms with van der Waals surface area (Å²) in [6.45, 7) is 1.49. The van der Waals surface area contributed by atoms with E-state index in [-0.39, 0.29) is 18.0 Å². The fraction of sp³-hybridized carbons (Fsp3) is 0.200.